The van der Waals surface area contributed by atoms with Gasteiger partial charge in [-0.3, -0.25) is 0 Å². The summed E-state index contributed by atoms with van der Waals surface area (Å²) in [7, 11) is 1.62. The van der Waals surface area contributed by atoms with Crippen molar-refractivity contribution in [2.45, 2.75) is 18.3 Å². The van der Waals surface area contributed by atoms with Crippen molar-refractivity contribution >= 4 is 0 Å². The summed E-state index contributed by atoms with van der Waals surface area (Å²) in [5, 5.41) is 9.46. The van der Waals surface area contributed by atoms with Crippen LogP contribution in [0.3, 0.4) is 0 Å². The van der Waals surface area contributed by atoms with Crippen LogP contribution in [-0.2, 0) is 5.41 Å². The molecule has 1 heterocycles. The van der Waals surface area contributed by atoms with Crippen molar-refractivity contribution in [1.29, 1.82) is 0 Å². The normalized spacial score (nSPS) is 19.9. The lowest BCUT2D eigenvalue weighted by Crippen LogP contribution is -2.18. The fourth-order valence-electron chi connectivity index (χ4n) is 2.27. The molecule has 2 aliphatic rings. The number of aliphatic hydroxyl groups excluding tert-OH is 1. The fraction of sp³-hybridized carbons (Fsp3) is 0.538. The second-order valence-electron chi connectivity index (χ2n) is 4.64. The highest BCUT2D eigenvalue weighted by atomic mass is 16.6. The van der Waals surface area contributed by atoms with Crippen molar-refractivity contribution < 1.29 is 19.3 Å². The second-order valence-corrected chi connectivity index (χ2v) is 4.64. The van der Waals surface area contributed by atoms with Crippen molar-refractivity contribution in [3.05, 3.63) is 17.7 Å². The number of benzene rings is 1. The Hall–Kier alpha value is -1.42. The molecular weight excluding hydrogens is 220 g/mol. The molecule has 17 heavy (non-hydrogen) atoms. The molecule has 0 bridgehead atoms. The van der Waals surface area contributed by atoms with Crippen molar-refractivity contribution in [2.24, 2.45) is 0 Å². The first-order valence-electron chi connectivity index (χ1n) is 5.88. The van der Waals surface area contributed by atoms with Crippen LogP contribution in [-0.4, -0.2) is 32.0 Å². The molecule has 1 aliphatic heterocycles. The molecule has 1 aliphatic carbocycles. The van der Waals surface area contributed by atoms with Crippen LogP contribution in [0.5, 0.6) is 17.2 Å². The molecule has 3 rings (SSSR count). The molecule has 0 radical (unpaired) electrons. The largest absolute Gasteiger partial charge is 0.493 e. The van der Waals surface area contributed by atoms with E-state index in [-0.39, 0.29) is 12.0 Å². The minimum absolute atomic E-state index is 0.0802. The van der Waals surface area contributed by atoms with Crippen LogP contribution >= 0.6 is 0 Å². The quantitative estimate of drug-likeness (QED) is 0.863. The standard InChI is InChI=1S/C13H16O4/c1-15-10-6-9(13(8-14)2-3-13)7-11-12(10)17-5-4-16-11/h6-7,14H,2-5,8H2,1H3. The number of rotatable bonds is 3. The van der Waals surface area contributed by atoms with Crippen molar-refractivity contribution in [2.75, 3.05) is 26.9 Å². The number of methoxy groups -OCH3 is 1. The first kappa shape index (κ1) is 10.7. The number of ether oxygens (including phenoxy) is 3. The van der Waals surface area contributed by atoms with E-state index in [1.165, 1.54) is 0 Å². The number of aliphatic hydroxyl groups is 1. The number of hydrogen-bond acceptors (Lipinski definition) is 4. The maximum atomic E-state index is 9.46. The highest BCUT2D eigenvalue weighted by molar-refractivity contribution is 5.56. The summed E-state index contributed by atoms with van der Waals surface area (Å²) in [5.74, 6) is 2.10. The van der Waals surface area contributed by atoms with Crippen LogP contribution in [0.1, 0.15) is 18.4 Å². The summed E-state index contributed by atoms with van der Waals surface area (Å²) >= 11 is 0. The fourth-order valence-corrected chi connectivity index (χ4v) is 2.27. The van der Waals surface area contributed by atoms with Gasteiger partial charge in [-0.2, -0.15) is 0 Å². The van der Waals surface area contributed by atoms with Gasteiger partial charge in [0.2, 0.25) is 5.75 Å². The Kier molecular flexibility index (Phi) is 2.40. The van der Waals surface area contributed by atoms with Gasteiger partial charge in [0.25, 0.3) is 0 Å². The maximum Gasteiger partial charge on any atom is 0.203 e. The maximum absolute atomic E-state index is 9.46. The van der Waals surface area contributed by atoms with E-state index in [2.05, 4.69) is 0 Å². The van der Waals surface area contributed by atoms with Gasteiger partial charge in [-0.05, 0) is 30.5 Å². The lowest BCUT2D eigenvalue weighted by Gasteiger charge is -2.23. The first-order valence-corrected chi connectivity index (χ1v) is 5.88. The third kappa shape index (κ3) is 1.63. The van der Waals surface area contributed by atoms with E-state index in [4.69, 9.17) is 14.2 Å². The smallest absolute Gasteiger partial charge is 0.203 e. The average Bonchev–Trinajstić information content (AvgIpc) is 3.18. The molecule has 1 aromatic rings. The Morgan fingerprint density at radius 3 is 2.71 bits per heavy atom. The molecule has 1 aromatic carbocycles. The third-order valence-corrected chi connectivity index (χ3v) is 3.60. The Balaban J connectivity index is 2.06. The van der Waals surface area contributed by atoms with Gasteiger partial charge in [0, 0.05) is 5.41 Å². The number of hydrogen-bond donors (Lipinski definition) is 1. The van der Waals surface area contributed by atoms with E-state index in [0.29, 0.717) is 24.7 Å². The van der Waals surface area contributed by atoms with E-state index in [9.17, 15) is 5.11 Å². The molecule has 0 amide bonds. The summed E-state index contributed by atoms with van der Waals surface area (Å²) in [6.45, 7) is 1.29. The molecule has 92 valence electrons. The van der Waals surface area contributed by atoms with Gasteiger partial charge in [-0.25, -0.2) is 0 Å². The molecule has 1 N–H and O–H groups in total. The molecule has 4 nitrogen and oxygen atoms in total. The van der Waals surface area contributed by atoms with Crippen LogP contribution in [0.15, 0.2) is 12.1 Å². The molecule has 1 fully saturated rings. The van der Waals surface area contributed by atoms with Gasteiger partial charge in [0.1, 0.15) is 13.2 Å². The zero-order valence-electron chi connectivity index (χ0n) is 9.86. The average molecular weight is 236 g/mol. The Bertz CT molecular complexity index is 420. The minimum Gasteiger partial charge on any atom is -0.493 e. The molecule has 0 saturated heterocycles. The Morgan fingerprint density at radius 2 is 2.06 bits per heavy atom. The highest BCUT2D eigenvalue weighted by Gasteiger charge is 2.44. The predicted octanol–water partition coefficient (Wildman–Crippen LogP) is 1.49. The topological polar surface area (TPSA) is 47.9 Å². The summed E-state index contributed by atoms with van der Waals surface area (Å²) in [6.07, 6.45) is 2.04. The molecule has 4 heteroatoms. The molecular formula is C13H16O4. The summed E-state index contributed by atoms with van der Waals surface area (Å²) in [5.41, 5.74) is 1.00. The van der Waals surface area contributed by atoms with Crippen LogP contribution in [0.4, 0.5) is 0 Å². The zero-order chi connectivity index (χ0) is 11.9. The molecule has 0 atom stereocenters. The van der Waals surface area contributed by atoms with Crippen molar-refractivity contribution in [1.82, 2.24) is 0 Å². The molecule has 0 aromatic heterocycles. The zero-order valence-corrected chi connectivity index (χ0v) is 9.86. The first-order chi connectivity index (χ1) is 8.29. The van der Waals surface area contributed by atoms with Gasteiger partial charge in [-0.15, -0.1) is 0 Å². The SMILES string of the molecule is COc1cc(C2(CO)CC2)cc2c1OCCO2. The van der Waals surface area contributed by atoms with Crippen LogP contribution in [0.2, 0.25) is 0 Å². The van der Waals surface area contributed by atoms with Gasteiger partial charge in [-0.1, -0.05) is 0 Å². The molecule has 1 saturated carbocycles. The monoisotopic (exact) mass is 236 g/mol. The van der Waals surface area contributed by atoms with Gasteiger partial charge in [0.05, 0.1) is 13.7 Å². The van der Waals surface area contributed by atoms with Crippen molar-refractivity contribution in [3.8, 4) is 17.2 Å². The van der Waals surface area contributed by atoms with Crippen LogP contribution in [0.25, 0.3) is 0 Å². The van der Waals surface area contributed by atoms with Crippen LogP contribution < -0.4 is 14.2 Å². The Labute approximate surface area is 100 Å². The van der Waals surface area contributed by atoms with Crippen LogP contribution in [0, 0.1) is 0 Å². The predicted molar refractivity (Wildman–Crippen MR) is 62.0 cm³/mol. The van der Waals surface area contributed by atoms with E-state index in [1.54, 1.807) is 7.11 Å². The van der Waals surface area contributed by atoms with E-state index < -0.39 is 0 Å². The third-order valence-electron chi connectivity index (χ3n) is 3.60. The lowest BCUT2D eigenvalue weighted by atomic mass is 9.96. The molecule has 0 spiro atoms. The van der Waals surface area contributed by atoms with E-state index in [0.717, 1.165) is 24.2 Å². The summed E-state index contributed by atoms with van der Waals surface area (Å²) < 4.78 is 16.5. The summed E-state index contributed by atoms with van der Waals surface area (Å²) in [6, 6.07) is 3.93. The summed E-state index contributed by atoms with van der Waals surface area (Å²) in [4.78, 5) is 0. The van der Waals surface area contributed by atoms with Gasteiger partial charge in [0.15, 0.2) is 11.5 Å². The number of fused-ring (bicyclic) bond motifs is 1. The minimum atomic E-state index is -0.0802. The highest BCUT2D eigenvalue weighted by Crippen LogP contribution is 2.52. The van der Waals surface area contributed by atoms with Crippen molar-refractivity contribution in [3.63, 3.8) is 0 Å². The molecule has 0 unspecified atom stereocenters. The van der Waals surface area contributed by atoms with E-state index in [1.807, 2.05) is 12.1 Å². The van der Waals surface area contributed by atoms with E-state index >= 15 is 0 Å². The second kappa shape index (κ2) is 3.81. The lowest BCUT2D eigenvalue weighted by molar-refractivity contribution is 0.164. The van der Waals surface area contributed by atoms with Gasteiger partial charge < -0.3 is 19.3 Å². The Morgan fingerprint density at radius 1 is 1.29 bits per heavy atom. The van der Waals surface area contributed by atoms with Gasteiger partial charge >= 0.3 is 0 Å².